The molecule has 16 heteroatoms. The number of nitrogens with zero attached hydrogens (tertiary/aromatic N) is 4. The maximum Gasteiger partial charge on any atom is 0.426 e. The molecule has 0 saturated carbocycles. The fourth-order valence-electron chi connectivity index (χ4n) is 3.74. The normalized spacial score (nSPS) is 18.4. The fraction of sp³-hybridized carbons (Fsp3) is 0.304. The van der Waals surface area contributed by atoms with Crippen molar-refractivity contribution in [2.24, 2.45) is 0 Å². The molecular formula is C23H17F6N5O5. The summed E-state index contributed by atoms with van der Waals surface area (Å²) < 4.78 is 95.3. The van der Waals surface area contributed by atoms with Crippen molar-refractivity contribution in [3.63, 3.8) is 0 Å². The average Bonchev–Trinajstić information content (AvgIpc) is 3.34. The van der Waals surface area contributed by atoms with Crippen LogP contribution in [0, 0.1) is 10.1 Å². The van der Waals surface area contributed by atoms with Crippen molar-refractivity contribution in [1.82, 2.24) is 15.2 Å². The zero-order valence-corrected chi connectivity index (χ0v) is 19.5. The summed E-state index contributed by atoms with van der Waals surface area (Å²) in [5.41, 5.74) is -6.76. The highest BCUT2D eigenvalue weighted by Crippen LogP contribution is 2.47. The SMILES string of the molecule is O=C1CC=CCCC(OCc2ccccc2)(C(F)(F)F)c2nnc(o2)-c2nc(c(C(F)(F)F)cc2[N+](=O)[O-])N1. The Morgan fingerprint density at radius 1 is 1.10 bits per heavy atom. The van der Waals surface area contributed by atoms with Crippen LogP contribution in [-0.4, -0.2) is 32.2 Å². The number of fused-ring (bicyclic) bond motifs is 5. The van der Waals surface area contributed by atoms with Gasteiger partial charge in [-0.3, -0.25) is 14.9 Å². The number of aromatic nitrogens is 3. The highest BCUT2D eigenvalue weighted by molar-refractivity contribution is 5.92. The molecule has 3 heterocycles. The first-order valence-electron chi connectivity index (χ1n) is 11.1. The summed E-state index contributed by atoms with van der Waals surface area (Å²) in [5, 5.41) is 20.4. The molecule has 1 aliphatic rings. The summed E-state index contributed by atoms with van der Waals surface area (Å²) in [4.78, 5) is 26.1. The summed E-state index contributed by atoms with van der Waals surface area (Å²) in [6.07, 6.45) is -9.61. The molecule has 1 atom stereocenters. The van der Waals surface area contributed by atoms with E-state index in [2.05, 4.69) is 15.2 Å². The first-order valence-corrected chi connectivity index (χ1v) is 11.1. The van der Waals surface area contributed by atoms with Crippen LogP contribution in [0.4, 0.5) is 37.8 Å². The van der Waals surface area contributed by atoms with E-state index in [4.69, 9.17) is 9.15 Å². The predicted octanol–water partition coefficient (Wildman–Crippen LogP) is 5.71. The van der Waals surface area contributed by atoms with Gasteiger partial charge in [-0.05, 0) is 18.4 Å². The van der Waals surface area contributed by atoms with Gasteiger partial charge in [-0.25, -0.2) is 4.98 Å². The number of alkyl halides is 6. The zero-order chi connectivity index (χ0) is 28.4. The molecule has 1 amide bonds. The van der Waals surface area contributed by atoms with Gasteiger partial charge in [-0.1, -0.05) is 42.5 Å². The predicted molar refractivity (Wildman–Crippen MR) is 120 cm³/mol. The number of hydrogen-bond donors (Lipinski definition) is 1. The van der Waals surface area contributed by atoms with E-state index in [0.29, 0.717) is 5.56 Å². The quantitative estimate of drug-likeness (QED) is 0.187. The van der Waals surface area contributed by atoms with E-state index in [1.165, 1.54) is 18.2 Å². The third-order valence-electron chi connectivity index (χ3n) is 5.65. The van der Waals surface area contributed by atoms with Crippen molar-refractivity contribution < 1.29 is 45.2 Å². The third kappa shape index (κ3) is 5.74. The van der Waals surface area contributed by atoms with Crippen molar-refractivity contribution in [2.75, 3.05) is 5.32 Å². The number of carbonyl (C=O) groups excluding carboxylic acids is 1. The largest absolute Gasteiger partial charge is 0.426 e. The topological polar surface area (TPSA) is 133 Å². The Labute approximate surface area is 214 Å². The summed E-state index contributed by atoms with van der Waals surface area (Å²) in [5.74, 6) is -4.24. The monoisotopic (exact) mass is 557 g/mol. The van der Waals surface area contributed by atoms with Crippen LogP contribution in [0.3, 0.4) is 0 Å². The molecule has 4 bridgehead atoms. The molecule has 0 spiro atoms. The van der Waals surface area contributed by atoms with Crippen LogP contribution < -0.4 is 5.32 Å². The molecule has 3 aromatic rings. The Balaban J connectivity index is 1.92. The standard InChI is InChI=1S/C23H17F6N5O5/c24-22(25,26)14-11-15(34(36)37)17-19-32-33-20(39-19)21(23(27,28)29,38-12-13-7-3-1-4-8-13)10-6-2-5-9-16(35)30-18(14)31-17/h1-5,7-8,11H,6,9-10,12H2,(H,30,31,35). The molecule has 1 aliphatic heterocycles. The number of anilines is 1. The Bertz CT molecular complexity index is 1410. The van der Waals surface area contributed by atoms with E-state index in [0.717, 1.165) is 6.08 Å². The molecule has 1 N–H and O–H groups in total. The Morgan fingerprint density at radius 3 is 2.46 bits per heavy atom. The lowest BCUT2D eigenvalue weighted by atomic mass is 9.95. The van der Waals surface area contributed by atoms with Gasteiger partial charge in [-0.15, -0.1) is 10.2 Å². The lowest BCUT2D eigenvalue weighted by Gasteiger charge is -2.32. The average molecular weight is 557 g/mol. The number of pyridine rings is 1. The number of allylic oxidation sites excluding steroid dienone is 1. The first-order chi connectivity index (χ1) is 18.3. The maximum atomic E-state index is 14.6. The Kier molecular flexibility index (Phi) is 7.41. The molecule has 0 radical (unpaired) electrons. The molecule has 0 aliphatic carbocycles. The number of nitrogens with one attached hydrogen (secondary N) is 1. The second-order valence-corrected chi connectivity index (χ2v) is 8.28. The van der Waals surface area contributed by atoms with Crippen LogP contribution in [0.15, 0.2) is 53.0 Å². The molecule has 39 heavy (non-hydrogen) atoms. The van der Waals surface area contributed by atoms with E-state index in [1.54, 1.807) is 18.2 Å². The fourth-order valence-corrected chi connectivity index (χ4v) is 3.74. The van der Waals surface area contributed by atoms with Crippen molar-refractivity contribution in [3.05, 3.63) is 75.7 Å². The minimum absolute atomic E-state index is 0.0758. The maximum absolute atomic E-state index is 14.6. The highest BCUT2D eigenvalue weighted by Gasteiger charge is 2.61. The van der Waals surface area contributed by atoms with Gasteiger partial charge in [0.1, 0.15) is 11.4 Å². The molecule has 0 saturated heterocycles. The second kappa shape index (κ2) is 10.4. The van der Waals surface area contributed by atoms with Crippen molar-refractivity contribution in [1.29, 1.82) is 0 Å². The number of hydrogen-bond acceptors (Lipinski definition) is 8. The third-order valence-corrected chi connectivity index (χ3v) is 5.65. The molecule has 206 valence electrons. The molecule has 4 rings (SSSR count). The number of amides is 1. The van der Waals surface area contributed by atoms with Crippen LogP contribution >= 0.6 is 0 Å². The molecule has 1 aromatic carbocycles. The van der Waals surface area contributed by atoms with Gasteiger partial charge in [-0.2, -0.15) is 26.3 Å². The molecule has 2 aromatic heterocycles. The van der Waals surface area contributed by atoms with Gasteiger partial charge >= 0.3 is 18.0 Å². The van der Waals surface area contributed by atoms with Crippen LogP contribution in [-0.2, 0) is 27.9 Å². The van der Waals surface area contributed by atoms with Crippen LogP contribution in [0.5, 0.6) is 0 Å². The lowest BCUT2D eigenvalue weighted by Crippen LogP contribution is -2.45. The number of carbonyl (C=O) groups is 1. The second-order valence-electron chi connectivity index (χ2n) is 8.28. The van der Waals surface area contributed by atoms with Gasteiger partial charge in [0.2, 0.25) is 17.2 Å². The van der Waals surface area contributed by atoms with Gasteiger partial charge in [0.15, 0.2) is 0 Å². The van der Waals surface area contributed by atoms with Gasteiger partial charge in [0.25, 0.3) is 11.8 Å². The molecule has 10 nitrogen and oxygen atoms in total. The van der Waals surface area contributed by atoms with Gasteiger partial charge < -0.3 is 14.5 Å². The number of halogens is 6. The van der Waals surface area contributed by atoms with E-state index in [9.17, 15) is 41.3 Å². The zero-order valence-electron chi connectivity index (χ0n) is 19.5. The number of ether oxygens (including phenoxy) is 1. The van der Waals surface area contributed by atoms with Crippen LogP contribution in [0.25, 0.3) is 11.6 Å². The summed E-state index contributed by atoms with van der Waals surface area (Å²) in [6, 6.07) is 7.92. The molecule has 0 fully saturated rings. The summed E-state index contributed by atoms with van der Waals surface area (Å²) in [6.45, 7) is -0.549. The van der Waals surface area contributed by atoms with Gasteiger partial charge in [0, 0.05) is 12.5 Å². The minimum Gasteiger partial charge on any atom is -0.415 e. The van der Waals surface area contributed by atoms with Crippen molar-refractivity contribution >= 4 is 17.4 Å². The van der Waals surface area contributed by atoms with Gasteiger partial charge in [0.05, 0.1) is 11.5 Å². The number of rotatable bonds is 4. The Morgan fingerprint density at radius 2 is 1.82 bits per heavy atom. The van der Waals surface area contributed by atoms with Crippen LogP contribution in [0.2, 0.25) is 0 Å². The summed E-state index contributed by atoms with van der Waals surface area (Å²) in [7, 11) is 0. The summed E-state index contributed by atoms with van der Waals surface area (Å²) >= 11 is 0. The van der Waals surface area contributed by atoms with E-state index in [1.807, 2.05) is 5.32 Å². The van der Waals surface area contributed by atoms with E-state index >= 15 is 0 Å². The van der Waals surface area contributed by atoms with Crippen molar-refractivity contribution in [3.8, 4) is 11.6 Å². The molecule has 1 unspecified atom stereocenters. The van der Waals surface area contributed by atoms with E-state index < -0.39 is 82.8 Å². The minimum atomic E-state index is -5.18. The highest BCUT2D eigenvalue weighted by atomic mass is 19.4. The van der Waals surface area contributed by atoms with E-state index in [-0.39, 0.29) is 12.5 Å². The Hall–Kier alpha value is -4.34. The first kappa shape index (κ1) is 27.7. The van der Waals surface area contributed by atoms with Crippen molar-refractivity contribution in [2.45, 2.75) is 43.8 Å². The smallest absolute Gasteiger partial charge is 0.415 e. The molecular weight excluding hydrogens is 540 g/mol. The number of nitro groups is 1. The lowest BCUT2D eigenvalue weighted by molar-refractivity contribution is -0.384. The van der Waals surface area contributed by atoms with Crippen LogP contribution in [0.1, 0.15) is 36.3 Å². The number of benzene rings is 1.